The number of aliphatic hydroxyl groups excluding tert-OH is 6. The Morgan fingerprint density at radius 2 is 1.03 bits per heavy atom. The lowest BCUT2D eigenvalue weighted by atomic mass is 9.98. The van der Waals surface area contributed by atoms with Crippen LogP contribution in [0.5, 0.6) is 0 Å². The standard InChI is InChI=1S/C48H93BrN2O10/c1-2-3-4-5-6-7-8-9-12-17-22-27-32-40(53)44(56)39(38-60-48-47(59)46(58)45(57)41(37-52)61-48)51-43(55)34-29-24-19-14-11-16-21-26-31-36-50-42(54)33-28-23-18-13-10-15-20-25-30-35-49/h39-41,44-48,52-53,56-59H,2-38H2,1H3,(H,50,54)(H,51,55)/t39-,40+,41+,44-,45-,46-,47+,48-/m0/s1. The summed E-state index contributed by atoms with van der Waals surface area (Å²) in [5.74, 6) is -0.104. The highest BCUT2D eigenvalue weighted by molar-refractivity contribution is 9.09. The summed E-state index contributed by atoms with van der Waals surface area (Å²) in [6, 6.07) is -1.01. The minimum atomic E-state index is -1.62. The second-order valence-corrected chi connectivity index (χ2v) is 18.6. The van der Waals surface area contributed by atoms with Crippen LogP contribution in [0.2, 0.25) is 0 Å². The summed E-state index contributed by atoms with van der Waals surface area (Å²) in [6.45, 7) is 2.06. The zero-order valence-corrected chi connectivity index (χ0v) is 40.1. The average Bonchev–Trinajstić information content (AvgIpc) is 3.25. The van der Waals surface area contributed by atoms with E-state index in [1.807, 2.05) is 0 Å². The SMILES string of the molecule is CCCCCCCCCCCCCC[C@@H](O)[C@@H](O)[C@H](CO[C@H]1O[C@H](CO)[C@H](O)[C@H](O)[C@H]1O)NC(=O)CCCCCCCCCCCNC(=O)CCCCCCCCCCCBr. The van der Waals surface area contributed by atoms with Crippen LogP contribution in [0.1, 0.15) is 219 Å². The van der Waals surface area contributed by atoms with Crippen molar-refractivity contribution >= 4 is 27.7 Å². The first-order valence-electron chi connectivity index (χ1n) is 25.1. The topological polar surface area (TPSA) is 198 Å². The summed E-state index contributed by atoms with van der Waals surface area (Å²) >= 11 is 3.48. The Hall–Kier alpha value is -0.900. The van der Waals surface area contributed by atoms with Crippen molar-refractivity contribution < 1.29 is 49.7 Å². The van der Waals surface area contributed by atoms with E-state index in [-0.39, 0.29) is 24.8 Å². The number of unbranched alkanes of at least 4 members (excludes halogenated alkanes) is 27. The van der Waals surface area contributed by atoms with Gasteiger partial charge >= 0.3 is 0 Å². The summed E-state index contributed by atoms with van der Waals surface area (Å²) in [6.07, 6.45) is 26.1. The van der Waals surface area contributed by atoms with Crippen LogP contribution in [0.15, 0.2) is 0 Å². The quantitative estimate of drug-likeness (QED) is 0.0217. The van der Waals surface area contributed by atoms with Crippen LogP contribution in [0.4, 0.5) is 0 Å². The Kier molecular flexibility index (Phi) is 38.7. The highest BCUT2D eigenvalue weighted by Crippen LogP contribution is 2.23. The monoisotopic (exact) mass is 937 g/mol. The Labute approximate surface area is 379 Å². The van der Waals surface area contributed by atoms with Crippen molar-refractivity contribution in [2.24, 2.45) is 0 Å². The average molecular weight is 938 g/mol. The molecule has 12 nitrogen and oxygen atoms in total. The molecule has 362 valence electrons. The highest BCUT2D eigenvalue weighted by Gasteiger charge is 2.44. The van der Waals surface area contributed by atoms with Crippen LogP contribution in [0.25, 0.3) is 0 Å². The number of carbonyl (C=O) groups is 2. The second kappa shape index (κ2) is 40.6. The molecule has 0 aliphatic carbocycles. The largest absolute Gasteiger partial charge is 0.394 e. The van der Waals surface area contributed by atoms with Crippen molar-refractivity contribution in [2.75, 3.05) is 25.1 Å². The fraction of sp³-hybridized carbons (Fsp3) is 0.958. The van der Waals surface area contributed by atoms with Crippen molar-refractivity contribution in [3.63, 3.8) is 0 Å². The number of hydrogen-bond donors (Lipinski definition) is 8. The van der Waals surface area contributed by atoms with Crippen molar-refractivity contribution in [2.45, 2.75) is 268 Å². The smallest absolute Gasteiger partial charge is 0.220 e. The molecule has 0 saturated carbocycles. The predicted octanol–water partition coefficient (Wildman–Crippen LogP) is 8.41. The van der Waals surface area contributed by atoms with Gasteiger partial charge in [-0.05, 0) is 32.1 Å². The third-order valence-corrected chi connectivity index (χ3v) is 12.8. The van der Waals surface area contributed by atoms with Gasteiger partial charge in [0.05, 0.1) is 25.4 Å². The number of nitrogens with one attached hydrogen (secondary N) is 2. The molecule has 0 unspecified atom stereocenters. The molecule has 8 N–H and O–H groups in total. The number of amides is 2. The molecule has 1 fully saturated rings. The van der Waals surface area contributed by atoms with Gasteiger partial charge in [0.25, 0.3) is 0 Å². The third kappa shape index (κ3) is 30.8. The lowest BCUT2D eigenvalue weighted by Crippen LogP contribution is -2.60. The molecule has 1 rings (SSSR count). The van der Waals surface area contributed by atoms with Crippen molar-refractivity contribution in [3.05, 3.63) is 0 Å². The maximum absolute atomic E-state index is 13.0. The van der Waals surface area contributed by atoms with E-state index in [1.165, 1.54) is 96.3 Å². The van der Waals surface area contributed by atoms with Crippen LogP contribution in [0, 0.1) is 0 Å². The van der Waals surface area contributed by atoms with Crippen LogP contribution < -0.4 is 10.6 Å². The van der Waals surface area contributed by atoms with E-state index in [0.29, 0.717) is 19.3 Å². The molecular weight excluding hydrogens is 844 g/mol. The number of carbonyl (C=O) groups excluding carboxylic acids is 2. The van der Waals surface area contributed by atoms with E-state index in [9.17, 15) is 40.2 Å². The molecule has 0 aromatic rings. The normalized spacial score (nSPS) is 20.7. The van der Waals surface area contributed by atoms with E-state index >= 15 is 0 Å². The molecule has 1 heterocycles. The molecule has 1 aliphatic rings. The molecule has 0 spiro atoms. The number of halogens is 1. The number of rotatable bonds is 43. The minimum Gasteiger partial charge on any atom is -0.394 e. The zero-order valence-electron chi connectivity index (χ0n) is 38.5. The van der Waals surface area contributed by atoms with Crippen molar-refractivity contribution in [1.29, 1.82) is 0 Å². The van der Waals surface area contributed by atoms with Crippen LogP contribution in [0.3, 0.4) is 0 Å². The maximum atomic E-state index is 13.0. The first-order chi connectivity index (χ1) is 29.7. The summed E-state index contributed by atoms with van der Waals surface area (Å²) in [5.41, 5.74) is 0. The Morgan fingerprint density at radius 1 is 0.590 bits per heavy atom. The molecule has 0 bridgehead atoms. The van der Waals surface area contributed by atoms with Gasteiger partial charge in [0.2, 0.25) is 11.8 Å². The first-order valence-corrected chi connectivity index (χ1v) is 26.2. The van der Waals surface area contributed by atoms with E-state index < -0.39 is 55.6 Å². The van der Waals surface area contributed by atoms with Crippen LogP contribution in [-0.2, 0) is 19.1 Å². The van der Waals surface area contributed by atoms with Gasteiger partial charge in [0.15, 0.2) is 6.29 Å². The maximum Gasteiger partial charge on any atom is 0.220 e. The lowest BCUT2D eigenvalue weighted by molar-refractivity contribution is -0.303. The molecule has 8 atom stereocenters. The summed E-state index contributed by atoms with van der Waals surface area (Å²) in [4.78, 5) is 25.2. The molecule has 0 aromatic heterocycles. The lowest BCUT2D eigenvalue weighted by Gasteiger charge is -2.40. The molecule has 1 aliphatic heterocycles. The second-order valence-electron chi connectivity index (χ2n) is 17.8. The van der Waals surface area contributed by atoms with Crippen molar-refractivity contribution in [3.8, 4) is 0 Å². The predicted molar refractivity (Wildman–Crippen MR) is 249 cm³/mol. The summed E-state index contributed by atoms with van der Waals surface area (Å²) in [7, 11) is 0. The van der Waals surface area contributed by atoms with Crippen LogP contribution in [-0.4, -0.2) is 116 Å². The highest BCUT2D eigenvalue weighted by atomic mass is 79.9. The zero-order chi connectivity index (χ0) is 44.8. The molecule has 0 radical (unpaired) electrons. The third-order valence-electron chi connectivity index (χ3n) is 12.2. The Balaban J connectivity index is 2.29. The minimum absolute atomic E-state index is 0.180. The van der Waals surface area contributed by atoms with E-state index in [0.717, 1.165) is 102 Å². The molecule has 2 amide bonds. The van der Waals surface area contributed by atoms with E-state index in [2.05, 4.69) is 33.5 Å². The number of hydrogen-bond acceptors (Lipinski definition) is 10. The summed E-state index contributed by atoms with van der Waals surface area (Å²) < 4.78 is 11.2. The number of ether oxygens (including phenoxy) is 2. The van der Waals surface area contributed by atoms with Gasteiger partial charge in [-0.3, -0.25) is 9.59 Å². The Bertz CT molecular complexity index is 1010. The molecule has 1 saturated heterocycles. The Morgan fingerprint density at radius 3 is 1.52 bits per heavy atom. The van der Waals surface area contributed by atoms with Gasteiger partial charge in [-0.1, -0.05) is 190 Å². The van der Waals surface area contributed by atoms with Gasteiger partial charge < -0.3 is 50.7 Å². The van der Waals surface area contributed by atoms with E-state index in [4.69, 9.17) is 9.47 Å². The van der Waals surface area contributed by atoms with Gasteiger partial charge in [0, 0.05) is 24.7 Å². The van der Waals surface area contributed by atoms with Crippen molar-refractivity contribution in [1.82, 2.24) is 10.6 Å². The summed E-state index contributed by atoms with van der Waals surface area (Å²) in [5, 5.41) is 69.4. The van der Waals surface area contributed by atoms with Gasteiger partial charge in [0.1, 0.15) is 30.5 Å². The molecular formula is C48H93BrN2O10. The molecule has 61 heavy (non-hydrogen) atoms. The molecule has 13 heteroatoms. The number of alkyl halides is 1. The van der Waals surface area contributed by atoms with Gasteiger partial charge in [-0.2, -0.15) is 0 Å². The van der Waals surface area contributed by atoms with Gasteiger partial charge in [-0.15, -0.1) is 0 Å². The number of aliphatic hydroxyl groups is 6. The van der Waals surface area contributed by atoms with E-state index in [1.54, 1.807) is 0 Å². The van der Waals surface area contributed by atoms with Gasteiger partial charge in [-0.25, -0.2) is 0 Å². The molecule has 0 aromatic carbocycles. The fourth-order valence-electron chi connectivity index (χ4n) is 8.12. The first kappa shape index (κ1) is 58.1. The van der Waals surface area contributed by atoms with Crippen LogP contribution >= 0.6 is 15.9 Å². The fourth-order valence-corrected chi connectivity index (χ4v) is 8.52.